The smallest absolute Gasteiger partial charge is 0.222 e. The summed E-state index contributed by atoms with van der Waals surface area (Å²) in [5.74, 6) is -0.217. The Morgan fingerprint density at radius 3 is 1.96 bits per heavy atom. The van der Waals surface area contributed by atoms with E-state index in [9.17, 15) is 9.59 Å². The Labute approximate surface area is 168 Å². The topological polar surface area (TPSA) is 58.2 Å². The molecular weight excluding hydrogens is 348 g/mol. The zero-order valence-corrected chi connectivity index (χ0v) is 17.6. The van der Waals surface area contributed by atoms with Crippen LogP contribution in [0.5, 0.6) is 0 Å². The highest BCUT2D eigenvalue weighted by Gasteiger charge is 2.24. The van der Waals surface area contributed by atoms with Crippen LogP contribution in [0.1, 0.15) is 69.3 Å². The fraction of sp³-hybridized carbons (Fsp3) is 0.417. The van der Waals surface area contributed by atoms with E-state index in [4.69, 9.17) is 0 Å². The third kappa shape index (κ3) is 7.18. The van der Waals surface area contributed by atoms with Crippen LogP contribution in [0.15, 0.2) is 54.6 Å². The van der Waals surface area contributed by atoms with Crippen molar-refractivity contribution in [1.82, 2.24) is 10.6 Å². The number of benzene rings is 2. The molecule has 0 saturated carbocycles. The van der Waals surface area contributed by atoms with E-state index in [1.165, 1.54) is 6.92 Å². The van der Waals surface area contributed by atoms with Crippen LogP contribution in [-0.4, -0.2) is 11.8 Å². The van der Waals surface area contributed by atoms with E-state index in [2.05, 4.69) is 31.4 Å². The quantitative estimate of drug-likeness (QED) is 0.721. The number of aryl methyl sites for hydroxylation is 1. The summed E-state index contributed by atoms with van der Waals surface area (Å²) in [7, 11) is 0. The maximum absolute atomic E-state index is 12.9. The van der Waals surface area contributed by atoms with Gasteiger partial charge in [0.2, 0.25) is 11.8 Å². The van der Waals surface area contributed by atoms with E-state index in [1.807, 2.05) is 61.5 Å². The van der Waals surface area contributed by atoms with Gasteiger partial charge in [-0.15, -0.1) is 0 Å². The molecule has 0 spiro atoms. The van der Waals surface area contributed by atoms with Gasteiger partial charge in [-0.1, -0.05) is 80.9 Å². The summed E-state index contributed by atoms with van der Waals surface area (Å²) in [6.45, 7) is 10.00. The first-order valence-corrected chi connectivity index (χ1v) is 9.82. The summed E-state index contributed by atoms with van der Waals surface area (Å²) in [5, 5.41) is 6.09. The molecule has 0 aromatic heterocycles. The molecule has 0 aliphatic carbocycles. The Morgan fingerprint density at radius 2 is 1.43 bits per heavy atom. The largest absolute Gasteiger partial charge is 0.349 e. The Morgan fingerprint density at radius 1 is 0.857 bits per heavy atom. The average Bonchev–Trinajstić information content (AvgIpc) is 2.60. The van der Waals surface area contributed by atoms with Gasteiger partial charge in [-0.2, -0.15) is 0 Å². The Balaban J connectivity index is 2.15. The lowest BCUT2D eigenvalue weighted by molar-refractivity contribution is -0.123. The normalized spacial score (nSPS) is 13.5. The molecule has 0 radical (unpaired) electrons. The Kier molecular flexibility index (Phi) is 7.38. The van der Waals surface area contributed by atoms with Crippen molar-refractivity contribution in [3.8, 4) is 0 Å². The molecule has 0 bridgehead atoms. The van der Waals surface area contributed by atoms with Gasteiger partial charge >= 0.3 is 0 Å². The number of amides is 2. The van der Waals surface area contributed by atoms with E-state index >= 15 is 0 Å². The zero-order valence-electron chi connectivity index (χ0n) is 17.6. The van der Waals surface area contributed by atoms with Gasteiger partial charge in [-0.05, 0) is 29.9 Å². The van der Waals surface area contributed by atoms with E-state index in [1.54, 1.807) is 0 Å². The predicted molar refractivity (Wildman–Crippen MR) is 114 cm³/mol. The van der Waals surface area contributed by atoms with Gasteiger partial charge in [0.05, 0.1) is 18.5 Å². The van der Waals surface area contributed by atoms with Crippen molar-refractivity contribution in [2.45, 2.75) is 59.5 Å². The van der Waals surface area contributed by atoms with Crippen molar-refractivity contribution >= 4 is 11.8 Å². The SMILES string of the molecule is CC(=O)NC(CC(=O)NC(CC(C)(C)C)c1ccccc1)c1ccc(C)cc1. The number of carbonyl (C=O) groups is 2. The third-order valence-electron chi connectivity index (χ3n) is 4.60. The number of nitrogens with one attached hydrogen (secondary N) is 2. The lowest BCUT2D eigenvalue weighted by Gasteiger charge is -2.28. The van der Waals surface area contributed by atoms with E-state index in [0.29, 0.717) is 0 Å². The highest BCUT2D eigenvalue weighted by Crippen LogP contribution is 2.30. The van der Waals surface area contributed by atoms with Gasteiger partial charge in [0.1, 0.15) is 0 Å². The van der Waals surface area contributed by atoms with Crippen molar-refractivity contribution in [2.75, 3.05) is 0 Å². The number of hydrogen-bond donors (Lipinski definition) is 2. The third-order valence-corrected chi connectivity index (χ3v) is 4.60. The van der Waals surface area contributed by atoms with Crippen molar-refractivity contribution < 1.29 is 9.59 Å². The molecule has 2 atom stereocenters. The molecule has 0 heterocycles. The zero-order chi connectivity index (χ0) is 20.7. The number of rotatable bonds is 7. The van der Waals surface area contributed by atoms with Gasteiger partial charge in [0.25, 0.3) is 0 Å². The summed E-state index contributed by atoms with van der Waals surface area (Å²) < 4.78 is 0. The van der Waals surface area contributed by atoms with Crippen LogP contribution in [0.25, 0.3) is 0 Å². The number of hydrogen-bond acceptors (Lipinski definition) is 2. The van der Waals surface area contributed by atoms with Crippen LogP contribution in [0.4, 0.5) is 0 Å². The van der Waals surface area contributed by atoms with Crippen LogP contribution in [0.3, 0.4) is 0 Å². The van der Waals surface area contributed by atoms with Crippen molar-refractivity contribution in [2.24, 2.45) is 5.41 Å². The molecule has 0 aliphatic rings. The second-order valence-electron chi connectivity index (χ2n) is 8.66. The minimum Gasteiger partial charge on any atom is -0.349 e. The minimum absolute atomic E-state index is 0.0651. The van der Waals surface area contributed by atoms with Crippen LogP contribution in [0.2, 0.25) is 0 Å². The van der Waals surface area contributed by atoms with Crippen molar-refractivity contribution in [3.63, 3.8) is 0 Å². The first-order valence-electron chi connectivity index (χ1n) is 9.82. The lowest BCUT2D eigenvalue weighted by Crippen LogP contribution is -2.35. The molecule has 2 N–H and O–H groups in total. The Hall–Kier alpha value is -2.62. The molecule has 2 aromatic rings. The molecule has 0 saturated heterocycles. The molecule has 28 heavy (non-hydrogen) atoms. The minimum atomic E-state index is -0.343. The van der Waals surface area contributed by atoms with Gasteiger partial charge in [-0.3, -0.25) is 9.59 Å². The van der Waals surface area contributed by atoms with E-state index in [0.717, 1.165) is 23.1 Å². The highest BCUT2D eigenvalue weighted by atomic mass is 16.2. The Bertz CT molecular complexity index is 777. The maximum Gasteiger partial charge on any atom is 0.222 e. The monoisotopic (exact) mass is 380 g/mol. The fourth-order valence-electron chi connectivity index (χ4n) is 3.28. The first kappa shape index (κ1) is 21.7. The molecule has 4 heteroatoms. The highest BCUT2D eigenvalue weighted by molar-refractivity contribution is 5.79. The molecule has 0 aliphatic heterocycles. The molecule has 2 unspecified atom stereocenters. The van der Waals surface area contributed by atoms with Gasteiger partial charge < -0.3 is 10.6 Å². The second kappa shape index (κ2) is 9.54. The summed E-state index contributed by atoms with van der Waals surface area (Å²) in [5.41, 5.74) is 3.24. The molecule has 4 nitrogen and oxygen atoms in total. The van der Waals surface area contributed by atoms with Crippen LogP contribution < -0.4 is 10.6 Å². The second-order valence-corrected chi connectivity index (χ2v) is 8.66. The molecule has 150 valence electrons. The van der Waals surface area contributed by atoms with Crippen molar-refractivity contribution in [3.05, 3.63) is 71.3 Å². The van der Waals surface area contributed by atoms with Gasteiger partial charge in [0, 0.05) is 6.92 Å². The summed E-state index contributed by atoms with van der Waals surface area (Å²) in [6, 6.07) is 17.6. The molecule has 2 rings (SSSR count). The van der Waals surface area contributed by atoms with E-state index < -0.39 is 0 Å². The molecule has 0 fully saturated rings. The fourth-order valence-corrected chi connectivity index (χ4v) is 3.28. The summed E-state index contributed by atoms with van der Waals surface area (Å²) in [4.78, 5) is 24.5. The van der Waals surface area contributed by atoms with Crippen molar-refractivity contribution in [1.29, 1.82) is 0 Å². The van der Waals surface area contributed by atoms with Gasteiger partial charge in [0.15, 0.2) is 0 Å². The van der Waals surface area contributed by atoms with Crippen LogP contribution in [-0.2, 0) is 9.59 Å². The average molecular weight is 381 g/mol. The standard InChI is InChI=1S/C24H32N2O2/c1-17-11-13-20(14-12-17)21(25-18(2)27)15-23(28)26-22(16-24(3,4)5)19-9-7-6-8-10-19/h6-14,21-22H,15-16H2,1-5H3,(H,25,27)(H,26,28). The molecule has 2 aromatic carbocycles. The number of carbonyl (C=O) groups excluding carboxylic acids is 2. The van der Waals surface area contributed by atoms with Crippen LogP contribution in [0, 0.1) is 12.3 Å². The van der Waals surface area contributed by atoms with E-state index in [-0.39, 0.29) is 35.7 Å². The summed E-state index contributed by atoms with van der Waals surface area (Å²) >= 11 is 0. The summed E-state index contributed by atoms with van der Waals surface area (Å²) in [6.07, 6.45) is 1.04. The predicted octanol–water partition coefficient (Wildman–Crippen LogP) is 4.86. The molecular formula is C24H32N2O2. The van der Waals surface area contributed by atoms with Gasteiger partial charge in [-0.25, -0.2) is 0 Å². The molecule has 2 amide bonds. The maximum atomic E-state index is 12.9. The lowest BCUT2D eigenvalue weighted by atomic mass is 9.85. The van der Waals surface area contributed by atoms with Crippen LogP contribution >= 0.6 is 0 Å². The first-order chi connectivity index (χ1) is 13.1.